The highest BCUT2D eigenvalue weighted by Gasteiger charge is 2.30. The van der Waals surface area contributed by atoms with Crippen LogP contribution in [0.15, 0.2) is 30.3 Å². The summed E-state index contributed by atoms with van der Waals surface area (Å²) in [6.07, 6.45) is -0.447. The van der Waals surface area contributed by atoms with Crippen molar-refractivity contribution < 1.29 is 9.53 Å². The number of nitrogens with two attached hydrogens (primary N) is 1. The zero-order valence-corrected chi connectivity index (χ0v) is 13.2. The molecule has 0 radical (unpaired) electrons. The fourth-order valence-corrected chi connectivity index (χ4v) is 3.02. The molecule has 0 bridgehead atoms. The molecule has 21 heavy (non-hydrogen) atoms. The van der Waals surface area contributed by atoms with Gasteiger partial charge in [0.25, 0.3) is 0 Å². The lowest BCUT2D eigenvalue weighted by atomic mass is 9.87. The topological polar surface area (TPSA) is 55.6 Å². The summed E-state index contributed by atoms with van der Waals surface area (Å²) in [5, 5.41) is 0. The van der Waals surface area contributed by atoms with Crippen LogP contribution in [0.5, 0.6) is 0 Å². The van der Waals surface area contributed by atoms with Crippen molar-refractivity contribution in [3.05, 3.63) is 35.9 Å². The van der Waals surface area contributed by atoms with Crippen LogP contribution in [0.1, 0.15) is 32.3 Å². The van der Waals surface area contributed by atoms with Crippen LogP contribution in [0.3, 0.4) is 0 Å². The van der Waals surface area contributed by atoms with Gasteiger partial charge in [0.05, 0.1) is 6.10 Å². The minimum Gasteiger partial charge on any atom is -0.367 e. The highest BCUT2D eigenvalue weighted by molar-refractivity contribution is 5.79. The Morgan fingerprint density at radius 3 is 2.57 bits per heavy atom. The van der Waals surface area contributed by atoms with Crippen LogP contribution >= 0.6 is 0 Å². The van der Waals surface area contributed by atoms with Gasteiger partial charge in [-0.05, 0) is 24.3 Å². The first-order valence-electron chi connectivity index (χ1n) is 7.69. The summed E-state index contributed by atoms with van der Waals surface area (Å²) < 4.78 is 5.61. The fraction of sp³-hybridized carbons (Fsp3) is 0.588. The number of carbonyl (C=O) groups is 1. The van der Waals surface area contributed by atoms with Crippen LogP contribution in [-0.2, 0) is 9.53 Å². The second-order valence-electron chi connectivity index (χ2n) is 6.32. The Morgan fingerprint density at radius 2 is 2.00 bits per heavy atom. The number of hydrogen-bond acceptors (Lipinski definition) is 3. The monoisotopic (exact) mass is 290 g/mol. The minimum atomic E-state index is -0.489. The number of carbonyl (C=O) groups excluding carboxylic acids is 1. The van der Waals surface area contributed by atoms with E-state index < -0.39 is 6.10 Å². The molecule has 4 heteroatoms. The first kappa shape index (κ1) is 16.0. The third kappa shape index (κ3) is 4.29. The number of hydrogen-bond donors (Lipinski definition) is 1. The van der Waals surface area contributed by atoms with Gasteiger partial charge in [0.2, 0.25) is 5.91 Å². The van der Waals surface area contributed by atoms with Crippen LogP contribution in [0, 0.1) is 5.92 Å². The van der Waals surface area contributed by atoms with Crippen LogP contribution in [0.4, 0.5) is 0 Å². The van der Waals surface area contributed by atoms with E-state index in [0.717, 1.165) is 13.1 Å². The standard InChI is InChI=1S/C17H26N2O2/c1-12(2)15(14-7-5-4-6-8-14)10-19-9-13(3)21-16(11-19)17(18)20/h4-8,12-13,15-16H,9-11H2,1-3H3,(H2,18,20)/t13-,15-,16-/m1/s1. The van der Waals surface area contributed by atoms with Gasteiger partial charge in [0.1, 0.15) is 6.10 Å². The van der Waals surface area contributed by atoms with Crippen molar-refractivity contribution in [3.63, 3.8) is 0 Å². The molecule has 0 spiro atoms. The predicted octanol–water partition coefficient (Wildman–Crippen LogP) is 2.00. The molecule has 2 N–H and O–H groups in total. The van der Waals surface area contributed by atoms with Crippen molar-refractivity contribution in [2.75, 3.05) is 19.6 Å². The predicted molar refractivity (Wildman–Crippen MR) is 84.0 cm³/mol. The van der Waals surface area contributed by atoms with Crippen molar-refractivity contribution >= 4 is 5.91 Å². The Balaban J connectivity index is 2.08. The van der Waals surface area contributed by atoms with E-state index in [1.54, 1.807) is 0 Å². The minimum absolute atomic E-state index is 0.0415. The van der Waals surface area contributed by atoms with E-state index in [1.807, 2.05) is 13.0 Å². The van der Waals surface area contributed by atoms with Crippen molar-refractivity contribution in [2.24, 2.45) is 11.7 Å². The summed E-state index contributed by atoms with van der Waals surface area (Å²) in [6.45, 7) is 8.85. The van der Waals surface area contributed by atoms with Crippen molar-refractivity contribution in [3.8, 4) is 0 Å². The summed E-state index contributed by atoms with van der Waals surface area (Å²) in [4.78, 5) is 13.7. The summed E-state index contributed by atoms with van der Waals surface area (Å²) in [5.41, 5.74) is 6.75. The van der Waals surface area contributed by atoms with Gasteiger partial charge in [0.15, 0.2) is 0 Å². The van der Waals surface area contributed by atoms with Gasteiger partial charge < -0.3 is 10.5 Å². The fourth-order valence-electron chi connectivity index (χ4n) is 3.02. The maximum atomic E-state index is 11.4. The Bertz CT molecular complexity index is 461. The molecule has 3 atom stereocenters. The molecular formula is C17H26N2O2. The maximum absolute atomic E-state index is 11.4. The van der Waals surface area contributed by atoms with Gasteiger partial charge >= 0.3 is 0 Å². The van der Waals surface area contributed by atoms with Gasteiger partial charge in [-0.25, -0.2) is 0 Å². The van der Waals surface area contributed by atoms with Crippen molar-refractivity contribution in [2.45, 2.75) is 38.9 Å². The Kier molecular flexibility index (Phi) is 5.37. The summed E-state index contributed by atoms with van der Waals surface area (Å²) in [5.74, 6) is 0.620. The molecule has 1 fully saturated rings. The number of ether oxygens (including phenoxy) is 1. The van der Waals surface area contributed by atoms with Gasteiger partial charge in [-0.1, -0.05) is 44.2 Å². The number of primary amides is 1. The molecule has 2 rings (SSSR count). The first-order valence-corrected chi connectivity index (χ1v) is 7.69. The van der Waals surface area contributed by atoms with Crippen LogP contribution < -0.4 is 5.73 Å². The van der Waals surface area contributed by atoms with E-state index in [9.17, 15) is 4.79 Å². The molecule has 0 unspecified atom stereocenters. The molecule has 116 valence electrons. The smallest absolute Gasteiger partial charge is 0.247 e. The van der Waals surface area contributed by atoms with Gasteiger partial charge in [0, 0.05) is 19.6 Å². The number of nitrogens with zero attached hydrogens (tertiary/aromatic N) is 1. The van der Waals surface area contributed by atoms with Crippen molar-refractivity contribution in [1.29, 1.82) is 0 Å². The molecule has 1 amide bonds. The Labute approximate surface area is 127 Å². The molecule has 1 aliphatic rings. The number of amides is 1. The third-order valence-corrected chi connectivity index (χ3v) is 4.14. The zero-order valence-electron chi connectivity index (χ0n) is 13.2. The van der Waals surface area contributed by atoms with Crippen LogP contribution in [0.2, 0.25) is 0 Å². The molecule has 4 nitrogen and oxygen atoms in total. The molecule has 1 heterocycles. The normalized spacial score (nSPS) is 25.0. The van der Waals surface area contributed by atoms with Crippen LogP contribution in [0.25, 0.3) is 0 Å². The lowest BCUT2D eigenvalue weighted by molar-refractivity contribution is -0.142. The number of morpholine rings is 1. The van der Waals surface area contributed by atoms with Crippen LogP contribution in [-0.4, -0.2) is 42.6 Å². The molecule has 0 aromatic heterocycles. The van der Waals surface area contributed by atoms with E-state index in [0.29, 0.717) is 18.4 Å². The molecular weight excluding hydrogens is 264 g/mol. The largest absolute Gasteiger partial charge is 0.367 e. The maximum Gasteiger partial charge on any atom is 0.247 e. The lowest BCUT2D eigenvalue weighted by Crippen LogP contribution is -2.52. The zero-order chi connectivity index (χ0) is 15.4. The molecule has 1 aliphatic heterocycles. The van der Waals surface area contributed by atoms with E-state index >= 15 is 0 Å². The molecule has 0 saturated carbocycles. The SMILES string of the molecule is CC(C)[C@@H](CN1C[C@@H](C)O[C@@H](C(N)=O)C1)c1ccccc1. The van der Waals surface area contributed by atoms with Gasteiger partial charge in [-0.15, -0.1) is 0 Å². The van der Waals surface area contributed by atoms with E-state index in [1.165, 1.54) is 5.56 Å². The quantitative estimate of drug-likeness (QED) is 0.902. The summed E-state index contributed by atoms with van der Waals surface area (Å²) >= 11 is 0. The average molecular weight is 290 g/mol. The first-order chi connectivity index (χ1) is 9.97. The van der Waals surface area contributed by atoms with E-state index in [-0.39, 0.29) is 12.0 Å². The number of rotatable bonds is 5. The van der Waals surface area contributed by atoms with E-state index in [2.05, 4.69) is 43.0 Å². The highest BCUT2D eigenvalue weighted by Crippen LogP contribution is 2.26. The van der Waals surface area contributed by atoms with Gasteiger partial charge in [-0.2, -0.15) is 0 Å². The van der Waals surface area contributed by atoms with Gasteiger partial charge in [-0.3, -0.25) is 9.69 Å². The summed E-state index contributed by atoms with van der Waals surface area (Å²) in [6, 6.07) is 10.6. The number of benzene rings is 1. The molecule has 0 aliphatic carbocycles. The Hall–Kier alpha value is -1.39. The third-order valence-electron chi connectivity index (χ3n) is 4.14. The molecule has 1 aromatic rings. The average Bonchev–Trinajstić information content (AvgIpc) is 2.44. The second-order valence-corrected chi connectivity index (χ2v) is 6.32. The van der Waals surface area contributed by atoms with E-state index in [4.69, 9.17) is 10.5 Å². The van der Waals surface area contributed by atoms with Crippen molar-refractivity contribution in [1.82, 2.24) is 4.90 Å². The molecule has 1 saturated heterocycles. The lowest BCUT2D eigenvalue weighted by Gasteiger charge is -2.38. The highest BCUT2D eigenvalue weighted by atomic mass is 16.5. The summed E-state index contributed by atoms with van der Waals surface area (Å²) in [7, 11) is 0. The second kappa shape index (κ2) is 7.05. The Morgan fingerprint density at radius 1 is 1.33 bits per heavy atom. The molecule has 1 aromatic carbocycles.